The van der Waals surface area contributed by atoms with Crippen LogP contribution in [0.15, 0.2) is 48.5 Å². The normalized spacial score (nSPS) is 14.2. The summed E-state index contributed by atoms with van der Waals surface area (Å²) >= 11 is 0. The molecule has 6 nitrogen and oxygen atoms in total. The van der Waals surface area contributed by atoms with Crippen LogP contribution >= 0.6 is 0 Å². The Kier molecular flexibility index (Phi) is 6.77. The molecule has 0 spiro atoms. The number of halogens is 2. The van der Waals surface area contributed by atoms with E-state index in [1.165, 1.54) is 24.3 Å². The van der Waals surface area contributed by atoms with Gasteiger partial charge in [0.25, 0.3) is 0 Å². The van der Waals surface area contributed by atoms with Crippen molar-refractivity contribution in [3.05, 3.63) is 60.2 Å². The first-order chi connectivity index (χ1) is 13.9. The van der Waals surface area contributed by atoms with Gasteiger partial charge < -0.3 is 15.1 Å². The third kappa shape index (κ3) is 5.74. The molecule has 29 heavy (non-hydrogen) atoms. The number of nitrogens with zero attached hydrogens (tertiary/aromatic N) is 3. The fraction of sp³-hybridized carbons (Fsp3) is 0.333. The number of hydrogen-bond acceptors (Lipinski definition) is 4. The number of rotatable bonds is 6. The van der Waals surface area contributed by atoms with Gasteiger partial charge in [-0.3, -0.25) is 14.5 Å². The molecule has 0 aliphatic carbocycles. The number of likely N-dealkylation sites (N-methyl/N-ethyl adjacent to an activating group) is 1. The van der Waals surface area contributed by atoms with Crippen molar-refractivity contribution < 1.29 is 18.4 Å². The van der Waals surface area contributed by atoms with Gasteiger partial charge in [-0.2, -0.15) is 0 Å². The Balaban J connectivity index is 1.44. The van der Waals surface area contributed by atoms with Crippen molar-refractivity contribution in [3.8, 4) is 0 Å². The Bertz CT molecular complexity index is 869. The van der Waals surface area contributed by atoms with Gasteiger partial charge in [-0.05, 0) is 37.4 Å². The molecule has 0 saturated carbocycles. The van der Waals surface area contributed by atoms with Crippen LogP contribution in [0, 0.1) is 11.6 Å². The van der Waals surface area contributed by atoms with Crippen molar-refractivity contribution in [1.29, 1.82) is 0 Å². The Hall–Kier alpha value is -3.00. The van der Waals surface area contributed by atoms with Crippen LogP contribution < -0.4 is 10.2 Å². The topological polar surface area (TPSA) is 55.9 Å². The quantitative estimate of drug-likeness (QED) is 0.805. The van der Waals surface area contributed by atoms with E-state index in [9.17, 15) is 18.4 Å². The highest BCUT2D eigenvalue weighted by Gasteiger charge is 2.23. The zero-order valence-corrected chi connectivity index (χ0v) is 16.3. The van der Waals surface area contributed by atoms with Crippen LogP contribution in [0.5, 0.6) is 0 Å². The number of benzene rings is 2. The molecule has 1 heterocycles. The third-order valence-corrected chi connectivity index (χ3v) is 4.75. The zero-order valence-electron chi connectivity index (χ0n) is 16.3. The number of nitrogens with one attached hydrogen (secondary N) is 1. The highest BCUT2D eigenvalue weighted by molar-refractivity contribution is 5.92. The summed E-state index contributed by atoms with van der Waals surface area (Å²) in [4.78, 5) is 29.9. The van der Waals surface area contributed by atoms with E-state index in [2.05, 4.69) is 5.32 Å². The van der Waals surface area contributed by atoms with E-state index in [1.807, 2.05) is 4.90 Å². The molecule has 3 rings (SSSR count). The van der Waals surface area contributed by atoms with Crippen molar-refractivity contribution in [1.82, 2.24) is 9.80 Å². The molecule has 2 amide bonds. The highest BCUT2D eigenvalue weighted by atomic mass is 19.1. The first kappa shape index (κ1) is 20.7. The number of piperazine rings is 1. The molecule has 0 atom stereocenters. The number of hydrogen-bond donors (Lipinski definition) is 1. The molecule has 2 aromatic carbocycles. The number of anilines is 2. The van der Waals surface area contributed by atoms with Crippen molar-refractivity contribution in [3.63, 3.8) is 0 Å². The van der Waals surface area contributed by atoms with Gasteiger partial charge in [0.15, 0.2) is 0 Å². The van der Waals surface area contributed by atoms with Gasteiger partial charge in [-0.1, -0.05) is 18.2 Å². The highest BCUT2D eigenvalue weighted by Crippen LogP contribution is 2.20. The lowest BCUT2D eigenvalue weighted by Crippen LogP contribution is -2.51. The first-order valence-electron chi connectivity index (χ1n) is 9.43. The van der Waals surface area contributed by atoms with Gasteiger partial charge in [-0.15, -0.1) is 0 Å². The van der Waals surface area contributed by atoms with Crippen LogP contribution in [-0.4, -0.2) is 67.9 Å². The lowest BCUT2D eigenvalue weighted by atomic mass is 10.2. The lowest BCUT2D eigenvalue weighted by molar-refractivity contribution is -0.132. The number of carbonyl (C=O) groups is 2. The fourth-order valence-corrected chi connectivity index (χ4v) is 3.30. The maximum absolute atomic E-state index is 13.9. The Labute approximate surface area is 168 Å². The van der Waals surface area contributed by atoms with Crippen LogP contribution in [0.3, 0.4) is 0 Å². The van der Waals surface area contributed by atoms with Gasteiger partial charge in [0.2, 0.25) is 11.8 Å². The predicted octanol–water partition coefficient (Wildman–Crippen LogP) is 2.18. The molecule has 1 fully saturated rings. The van der Waals surface area contributed by atoms with Crippen LogP contribution in [0.4, 0.5) is 20.2 Å². The summed E-state index contributed by atoms with van der Waals surface area (Å²) < 4.78 is 27.1. The summed E-state index contributed by atoms with van der Waals surface area (Å²) in [6.07, 6.45) is 0. The Morgan fingerprint density at radius 2 is 1.72 bits per heavy atom. The van der Waals surface area contributed by atoms with Crippen molar-refractivity contribution in [2.75, 3.05) is 56.5 Å². The number of amides is 2. The smallest absolute Gasteiger partial charge is 0.238 e. The molecule has 1 N–H and O–H groups in total. The maximum atomic E-state index is 13.9. The number of carbonyl (C=O) groups excluding carboxylic acids is 2. The van der Waals surface area contributed by atoms with Gasteiger partial charge in [0, 0.05) is 31.9 Å². The molecule has 0 radical (unpaired) electrons. The van der Waals surface area contributed by atoms with E-state index < -0.39 is 5.82 Å². The van der Waals surface area contributed by atoms with Crippen molar-refractivity contribution in [2.45, 2.75) is 0 Å². The molecule has 1 saturated heterocycles. The minimum absolute atomic E-state index is 0.0114. The predicted molar refractivity (Wildman–Crippen MR) is 108 cm³/mol. The van der Waals surface area contributed by atoms with Crippen LogP contribution in [0.25, 0.3) is 0 Å². The second-order valence-electron chi connectivity index (χ2n) is 7.05. The molecule has 0 bridgehead atoms. The molecular formula is C21H24F2N4O2. The van der Waals surface area contributed by atoms with E-state index in [4.69, 9.17) is 0 Å². The second-order valence-corrected chi connectivity index (χ2v) is 7.05. The molecular weight excluding hydrogens is 378 g/mol. The molecule has 1 aliphatic rings. The second kappa shape index (κ2) is 9.47. The lowest BCUT2D eigenvalue weighted by Gasteiger charge is -2.36. The first-order valence-corrected chi connectivity index (χ1v) is 9.43. The van der Waals surface area contributed by atoms with E-state index in [1.54, 1.807) is 41.1 Å². The third-order valence-electron chi connectivity index (χ3n) is 4.75. The fourth-order valence-electron chi connectivity index (χ4n) is 3.30. The summed E-state index contributed by atoms with van der Waals surface area (Å²) in [5, 5.41) is 2.61. The Morgan fingerprint density at radius 3 is 2.41 bits per heavy atom. The largest absolute Gasteiger partial charge is 0.366 e. The number of para-hydroxylation sites is 1. The monoisotopic (exact) mass is 402 g/mol. The molecule has 154 valence electrons. The minimum atomic E-state index is -0.430. The average molecular weight is 402 g/mol. The van der Waals surface area contributed by atoms with E-state index in [0.29, 0.717) is 37.6 Å². The van der Waals surface area contributed by atoms with E-state index in [-0.39, 0.29) is 30.7 Å². The molecule has 8 heteroatoms. The summed E-state index contributed by atoms with van der Waals surface area (Å²) in [5.74, 6) is -1.10. The van der Waals surface area contributed by atoms with Gasteiger partial charge in [0.1, 0.15) is 11.6 Å². The summed E-state index contributed by atoms with van der Waals surface area (Å²) in [6, 6.07) is 12.2. The van der Waals surface area contributed by atoms with Crippen molar-refractivity contribution in [2.24, 2.45) is 0 Å². The summed E-state index contributed by atoms with van der Waals surface area (Å²) in [6.45, 7) is 2.20. The summed E-state index contributed by atoms with van der Waals surface area (Å²) in [5.41, 5.74) is 0.921. The molecule has 1 aliphatic heterocycles. The zero-order chi connectivity index (χ0) is 20.8. The molecule has 0 unspecified atom stereocenters. The minimum Gasteiger partial charge on any atom is -0.366 e. The van der Waals surface area contributed by atoms with E-state index in [0.717, 1.165) is 0 Å². The standard InChI is InChI=1S/C21H24F2N4O2/c1-25(14-20(28)24-17-6-4-5-16(22)13-17)15-21(29)27-11-9-26(10-12-27)19-8-3-2-7-18(19)23/h2-8,13H,9-12,14-15H2,1H3,(H,24,28). The van der Waals surface area contributed by atoms with Crippen LogP contribution in [0.1, 0.15) is 0 Å². The Morgan fingerprint density at radius 1 is 1.00 bits per heavy atom. The van der Waals surface area contributed by atoms with Gasteiger partial charge in [-0.25, -0.2) is 8.78 Å². The van der Waals surface area contributed by atoms with Gasteiger partial charge in [0.05, 0.1) is 18.8 Å². The van der Waals surface area contributed by atoms with E-state index >= 15 is 0 Å². The average Bonchev–Trinajstić information content (AvgIpc) is 2.68. The molecule has 2 aromatic rings. The van der Waals surface area contributed by atoms with Gasteiger partial charge >= 0.3 is 0 Å². The van der Waals surface area contributed by atoms with Crippen LogP contribution in [-0.2, 0) is 9.59 Å². The maximum Gasteiger partial charge on any atom is 0.238 e. The van der Waals surface area contributed by atoms with Crippen LogP contribution in [0.2, 0.25) is 0 Å². The molecule has 0 aromatic heterocycles. The SMILES string of the molecule is CN(CC(=O)Nc1cccc(F)c1)CC(=O)N1CCN(c2ccccc2F)CC1. The summed E-state index contributed by atoms with van der Waals surface area (Å²) in [7, 11) is 1.68. The van der Waals surface area contributed by atoms with Crippen molar-refractivity contribution >= 4 is 23.2 Å².